The van der Waals surface area contributed by atoms with Gasteiger partial charge in [-0.15, -0.1) is 11.7 Å². The summed E-state index contributed by atoms with van der Waals surface area (Å²) in [7, 11) is 2.14. The van der Waals surface area contributed by atoms with Crippen LogP contribution in [-0.2, 0) is 0 Å². The minimum Gasteiger partial charge on any atom is -0.398 e. The van der Waals surface area contributed by atoms with E-state index < -0.39 is 16.1 Å². The second-order valence-corrected chi connectivity index (χ2v) is 10.8. The molecule has 3 N–H and O–H groups in total. The summed E-state index contributed by atoms with van der Waals surface area (Å²) < 4.78 is 39.0. The number of halogens is 3. The number of piperidine rings is 2. The van der Waals surface area contributed by atoms with E-state index in [0.29, 0.717) is 19.0 Å². The lowest BCUT2D eigenvalue weighted by molar-refractivity contribution is 0.0714. The van der Waals surface area contributed by atoms with E-state index in [1.54, 1.807) is 4.90 Å². The smallest absolute Gasteiger partial charge is 0.255 e. The number of carbonyl (C=O) groups is 1. The normalized spacial score (nSPS) is 19.4. The summed E-state index contributed by atoms with van der Waals surface area (Å²) in [4.78, 5) is 29.1. The van der Waals surface area contributed by atoms with Crippen LogP contribution in [0.2, 0.25) is 0 Å². The Morgan fingerprint density at radius 1 is 1.09 bits per heavy atom. The SMILES string of the molecule is CN1CCC(c2cnc3[nH]cc(C4CCN(C(=O)c5ccc(S(F)(F)F)cc5N)CC4)c3n2)CC1. The van der Waals surface area contributed by atoms with E-state index in [0.717, 1.165) is 73.3 Å². The number of amides is 1. The molecule has 0 aliphatic carbocycles. The zero-order valence-corrected chi connectivity index (χ0v) is 20.3. The maximum Gasteiger partial charge on any atom is 0.255 e. The molecule has 35 heavy (non-hydrogen) atoms. The molecule has 2 aliphatic heterocycles. The van der Waals surface area contributed by atoms with Gasteiger partial charge in [0.05, 0.1) is 22.3 Å². The Labute approximate surface area is 204 Å². The van der Waals surface area contributed by atoms with E-state index in [9.17, 15) is 16.5 Å². The van der Waals surface area contributed by atoms with Crippen LogP contribution in [0.15, 0.2) is 35.5 Å². The van der Waals surface area contributed by atoms with Crippen molar-refractivity contribution in [2.24, 2.45) is 0 Å². The number of rotatable bonds is 4. The molecule has 2 saturated heterocycles. The molecule has 11 heteroatoms. The molecule has 0 unspecified atom stereocenters. The monoisotopic (exact) mass is 506 g/mol. The van der Waals surface area contributed by atoms with Crippen LogP contribution < -0.4 is 5.73 Å². The Hall–Kier alpha value is -2.79. The van der Waals surface area contributed by atoms with Crippen LogP contribution in [0.5, 0.6) is 0 Å². The number of likely N-dealkylation sites (tertiary alicyclic amines) is 2. The first kappa shape index (κ1) is 23.9. The van der Waals surface area contributed by atoms with E-state index >= 15 is 0 Å². The highest BCUT2D eigenvalue weighted by Crippen LogP contribution is 2.61. The van der Waals surface area contributed by atoms with E-state index in [2.05, 4.69) is 21.9 Å². The summed E-state index contributed by atoms with van der Waals surface area (Å²) >= 11 is -5.38. The number of aromatic amines is 1. The van der Waals surface area contributed by atoms with Gasteiger partial charge in [-0.3, -0.25) is 4.79 Å². The highest BCUT2D eigenvalue weighted by Gasteiger charge is 2.30. The number of aromatic nitrogens is 3. The summed E-state index contributed by atoms with van der Waals surface area (Å²) in [5.74, 6) is 0.317. The molecule has 0 radical (unpaired) electrons. The third-order valence-corrected chi connectivity index (χ3v) is 8.10. The van der Waals surface area contributed by atoms with Gasteiger partial charge in [0.25, 0.3) is 5.91 Å². The molecule has 2 aromatic heterocycles. The first-order valence-corrected chi connectivity index (χ1v) is 13.2. The number of nitrogens with one attached hydrogen (secondary N) is 1. The summed E-state index contributed by atoms with van der Waals surface area (Å²) in [5, 5.41) is 0. The van der Waals surface area contributed by atoms with Crippen molar-refractivity contribution in [3.8, 4) is 0 Å². The van der Waals surface area contributed by atoms with Gasteiger partial charge in [0.2, 0.25) is 11.2 Å². The number of nitrogen functional groups attached to an aromatic ring is 1. The number of hydrogen-bond donors (Lipinski definition) is 2. The van der Waals surface area contributed by atoms with Gasteiger partial charge in [-0.05, 0) is 69.9 Å². The molecule has 1 aromatic carbocycles. The fourth-order valence-corrected chi connectivity index (χ4v) is 5.66. The zero-order chi connectivity index (χ0) is 24.7. The Morgan fingerprint density at radius 2 is 1.77 bits per heavy atom. The van der Waals surface area contributed by atoms with Crippen molar-refractivity contribution in [3.05, 3.63) is 47.4 Å². The van der Waals surface area contributed by atoms with Gasteiger partial charge in [0.15, 0.2) is 5.65 Å². The van der Waals surface area contributed by atoms with Crippen molar-refractivity contribution in [2.75, 3.05) is 39.0 Å². The number of hydrogen-bond acceptors (Lipinski definition) is 5. The van der Waals surface area contributed by atoms with Gasteiger partial charge in [-0.2, -0.15) is 0 Å². The highest BCUT2D eigenvalue weighted by atomic mass is 32.3. The first-order valence-electron chi connectivity index (χ1n) is 11.8. The fraction of sp³-hybridized carbons (Fsp3) is 0.458. The Kier molecular flexibility index (Phi) is 6.39. The maximum absolute atomic E-state index is 13.0. The van der Waals surface area contributed by atoms with Crippen LogP contribution >= 0.6 is 11.2 Å². The van der Waals surface area contributed by atoms with Crippen molar-refractivity contribution in [3.63, 3.8) is 0 Å². The van der Waals surface area contributed by atoms with Crippen molar-refractivity contribution in [2.45, 2.75) is 42.4 Å². The molecule has 2 aliphatic rings. The lowest BCUT2D eigenvalue weighted by Gasteiger charge is -2.32. The average Bonchev–Trinajstić information content (AvgIpc) is 3.27. The van der Waals surface area contributed by atoms with Crippen LogP contribution in [0.1, 0.15) is 59.1 Å². The summed E-state index contributed by atoms with van der Waals surface area (Å²) in [6.45, 7) is 3.12. The van der Waals surface area contributed by atoms with Crippen LogP contribution in [0.25, 0.3) is 11.2 Å². The largest absolute Gasteiger partial charge is 0.398 e. The van der Waals surface area contributed by atoms with Crippen LogP contribution in [-0.4, -0.2) is 63.9 Å². The Bertz CT molecular complexity index is 1230. The standard InChI is InChI=1S/C24H29F3N6OS/c1-32-8-4-16(5-9-32)21-14-30-23-22(31-21)19(13-29-23)15-6-10-33(11-7-15)24(34)18-3-2-17(12-20(18)28)35(25,26)27/h2-3,12-16H,4-11,28H2,1H3,(H,29,30). The number of fused-ring (bicyclic) bond motifs is 1. The van der Waals surface area contributed by atoms with Gasteiger partial charge in [-0.25, -0.2) is 9.97 Å². The minimum atomic E-state index is -5.38. The number of H-pyrrole nitrogens is 1. The fourth-order valence-electron chi connectivity index (χ4n) is 5.18. The van der Waals surface area contributed by atoms with Crippen molar-refractivity contribution in [1.82, 2.24) is 24.8 Å². The summed E-state index contributed by atoms with van der Waals surface area (Å²) in [5.41, 5.74) is 9.64. The highest BCUT2D eigenvalue weighted by molar-refractivity contribution is 8.20. The predicted molar refractivity (Wildman–Crippen MR) is 131 cm³/mol. The van der Waals surface area contributed by atoms with Gasteiger partial charge in [0.1, 0.15) is 5.52 Å². The van der Waals surface area contributed by atoms with Crippen molar-refractivity contribution in [1.29, 1.82) is 0 Å². The Balaban J connectivity index is 1.28. The quantitative estimate of drug-likeness (QED) is 0.476. The Morgan fingerprint density at radius 3 is 2.43 bits per heavy atom. The topological polar surface area (TPSA) is 91.1 Å². The number of anilines is 1. The second-order valence-electron chi connectivity index (χ2n) is 9.54. The second kappa shape index (κ2) is 9.34. The van der Waals surface area contributed by atoms with Crippen LogP contribution in [0.4, 0.5) is 17.3 Å². The van der Waals surface area contributed by atoms with E-state index in [1.165, 1.54) is 6.07 Å². The van der Waals surface area contributed by atoms with Gasteiger partial charge >= 0.3 is 0 Å². The van der Waals surface area contributed by atoms with Gasteiger partial charge < -0.3 is 20.5 Å². The third kappa shape index (κ3) is 4.84. The molecule has 1 amide bonds. The van der Waals surface area contributed by atoms with Crippen LogP contribution in [0, 0.1) is 0 Å². The lowest BCUT2D eigenvalue weighted by Crippen LogP contribution is -2.38. The molecule has 0 atom stereocenters. The molecule has 0 saturated carbocycles. The molecular formula is C24H29F3N6OS. The number of nitrogens with zero attached hydrogens (tertiary/aromatic N) is 4. The predicted octanol–water partition coefficient (Wildman–Crippen LogP) is 5.19. The number of benzene rings is 1. The van der Waals surface area contributed by atoms with Crippen molar-refractivity contribution >= 4 is 33.9 Å². The molecule has 7 nitrogen and oxygen atoms in total. The summed E-state index contributed by atoms with van der Waals surface area (Å²) in [6, 6.07) is 3.00. The molecular weight excluding hydrogens is 477 g/mol. The molecule has 3 aromatic rings. The number of nitrogens with two attached hydrogens (primary N) is 1. The summed E-state index contributed by atoms with van der Waals surface area (Å²) in [6.07, 6.45) is 7.49. The number of carbonyl (C=O) groups excluding carboxylic acids is 1. The van der Waals surface area contributed by atoms with Crippen molar-refractivity contribution < 1.29 is 16.5 Å². The molecule has 5 rings (SSSR count). The molecule has 2 fully saturated rings. The van der Waals surface area contributed by atoms with E-state index in [1.807, 2.05) is 12.4 Å². The zero-order valence-electron chi connectivity index (χ0n) is 19.5. The van der Waals surface area contributed by atoms with Gasteiger partial charge in [0, 0.05) is 36.5 Å². The van der Waals surface area contributed by atoms with E-state index in [-0.39, 0.29) is 23.1 Å². The first-order chi connectivity index (χ1) is 16.7. The minimum absolute atomic E-state index is 0.122. The van der Waals surface area contributed by atoms with Gasteiger partial charge in [-0.1, -0.05) is 0 Å². The van der Waals surface area contributed by atoms with E-state index in [4.69, 9.17) is 10.7 Å². The molecule has 188 valence electrons. The molecule has 4 heterocycles. The molecule has 0 bridgehead atoms. The van der Waals surface area contributed by atoms with Crippen LogP contribution in [0.3, 0.4) is 0 Å². The lowest BCUT2D eigenvalue weighted by atomic mass is 9.90. The molecule has 0 spiro atoms. The third-order valence-electron chi connectivity index (χ3n) is 7.31. The maximum atomic E-state index is 13.0. The average molecular weight is 507 g/mol.